The summed E-state index contributed by atoms with van der Waals surface area (Å²) in [6.07, 6.45) is 3.63. The molecule has 3 aromatic rings. The van der Waals surface area contributed by atoms with Crippen LogP contribution in [0, 0.1) is 6.92 Å². The van der Waals surface area contributed by atoms with E-state index in [-0.39, 0.29) is 0 Å². The van der Waals surface area contributed by atoms with Gasteiger partial charge in [0.1, 0.15) is 5.76 Å². The zero-order valence-corrected chi connectivity index (χ0v) is 12.7. The summed E-state index contributed by atoms with van der Waals surface area (Å²) in [5.74, 6) is 2.13. The van der Waals surface area contributed by atoms with Crippen molar-refractivity contribution in [2.75, 3.05) is 5.32 Å². The molecule has 3 rings (SSSR count). The van der Waals surface area contributed by atoms with Gasteiger partial charge in [-0.25, -0.2) is 0 Å². The summed E-state index contributed by atoms with van der Waals surface area (Å²) in [6.45, 7) is 3.95. The highest BCUT2D eigenvalue weighted by Crippen LogP contribution is 2.22. The maximum absolute atomic E-state index is 5.46. The lowest BCUT2D eigenvalue weighted by Crippen LogP contribution is -2.15. The molecule has 0 aliphatic rings. The first-order valence-electron chi connectivity index (χ1n) is 7.40. The highest BCUT2D eigenvalue weighted by molar-refractivity contribution is 5.61. The Labute approximate surface area is 129 Å². The Kier molecular flexibility index (Phi) is 4.23. The third-order valence-corrected chi connectivity index (χ3v) is 3.45. The number of nitrogens with zero attached hydrogens (tertiary/aromatic N) is 2. The van der Waals surface area contributed by atoms with Crippen LogP contribution in [0.15, 0.2) is 51.5 Å². The maximum Gasteiger partial charge on any atom is 0.247 e. The molecule has 5 heteroatoms. The number of aryl methyl sites for hydroxylation is 2. The van der Waals surface area contributed by atoms with Gasteiger partial charge in [-0.15, -0.1) is 10.2 Å². The molecule has 0 spiro atoms. The molecule has 0 bridgehead atoms. The van der Waals surface area contributed by atoms with Gasteiger partial charge in [0, 0.05) is 30.6 Å². The number of anilines is 1. The van der Waals surface area contributed by atoms with E-state index >= 15 is 0 Å². The molecule has 0 aliphatic heterocycles. The van der Waals surface area contributed by atoms with Crippen LogP contribution in [0.5, 0.6) is 0 Å². The number of benzene rings is 1. The first-order valence-corrected chi connectivity index (χ1v) is 7.40. The van der Waals surface area contributed by atoms with Crippen molar-refractivity contribution in [3.05, 3.63) is 54.3 Å². The Hall–Kier alpha value is -2.56. The lowest BCUT2D eigenvalue weighted by atomic mass is 10.1. The molecule has 0 unspecified atom stereocenters. The molecule has 1 aromatic carbocycles. The predicted octanol–water partition coefficient (Wildman–Crippen LogP) is 4.07. The van der Waals surface area contributed by atoms with Crippen LogP contribution in [0.3, 0.4) is 0 Å². The van der Waals surface area contributed by atoms with E-state index in [0.717, 1.165) is 29.9 Å². The van der Waals surface area contributed by atoms with Gasteiger partial charge in [0.15, 0.2) is 0 Å². The Morgan fingerprint density at radius 2 is 2.09 bits per heavy atom. The largest absolute Gasteiger partial charge is 0.469 e. The van der Waals surface area contributed by atoms with Crippen molar-refractivity contribution in [2.45, 2.75) is 32.7 Å². The van der Waals surface area contributed by atoms with Crippen LogP contribution in [-0.4, -0.2) is 16.2 Å². The van der Waals surface area contributed by atoms with Gasteiger partial charge in [-0.1, -0.05) is 6.07 Å². The fourth-order valence-electron chi connectivity index (χ4n) is 2.33. The summed E-state index contributed by atoms with van der Waals surface area (Å²) in [7, 11) is 0. The van der Waals surface area contributed by atoms with Crippen molar-refractivity contribution in [2.24, 2.45) is 0 Å². The van der Waals surface area contributed by atoms with Gasteiger partial charge in [-0.05, 0) is 43.7 Å². The van der Waals surface area contributed by atoms with Crippen molar-refractivity contribution in [1.29, 1.82) is 0 Å². The average Bonchev–Trinajstić information content (AvgIpc) is 3.17. The van der Waals surface area contributed by atoms with Crippen LogP contribution in [0.1, 0.15) is 25.0 Å². The number of hydrogen-bond donors (Lipinski definition) is 1. The van der Waals surface area contributed by atoms with Crippen molar-refractivity contribution in [3.63, 3.8) is 0 Å². The summed E-state index contributed by atoms with van der Waals surface area (Å²) < 4.78 is 10.8. The van der Waals surface area contributed by atoms with Crippen molar-refractivity contribution in [1.82, 2.24) is 10.2 Å². The molecular weight excluding hydrogens is 278 g/mol. The number of furan rings is 1. The average molecular weight is 297 g/mol. The Bertz CT molecular complexity index is 719. The second kappa shape index (κ2) is 6.47. The van der Waals surface area contributed by atoms with Gasteiger partial charge in [0.25, 0.3) is 0 Å². The number of aromatic nitrogens is 2. The third kappa shape index (κ3) is 3.55. The van der Waals surface area contributed by atoms with E-state index < -0.39 is 0 Å². The molecule has 1 N–H and O–H groups in total. The van der Waals surface area contributed by atoms with Gasteiger partial charge in [0.05, 0.1) is 6.26 Å². The third-order valence-electron chi connectivity index (χ3n) is 3.45. The van der Waals surface area contributed by atoms with Crippen LogP contribution < -0.4 is 5.32 Å². The molecule has 5 nitrogen and oxygen atoms in total. The highest BCUT2D eigenvalue weighted by atomic mass is 16.4. The van der Waals surface area contributed by atoms with Crippen molar-refractivity contribution in [3.8, 4) is 11.5 Å². The van der Waals surface area contributed by atoms with Gasteiger partial charge >= 0.3 is 0 Å². The zero-order chi connectivity index (χ0) is 15.4. The molecule has 2 heterocycles. The molecule has 1 atom stereocenters. The lowest BCUT2D eigenvalue weighted by Gasteiger charge is -2.15. The molecule has 0 saturated carbocycles. The molecule has 0 aliphatic carbocycles. The van der Waals surface area contributed by atoms with Crippen LogP contribution in [0.2, 0.25) is 0 Å². The van der Waals surface area contributed by atoms with E-state index in [4.69, 9.17) is 8.83 Å². The molecule has 0 amide bonds. The summed E-state index contributed by atoms with van der Waals surface area (Å²) in [4.78, 5) is 0. The Morgan fingerprint density at radius 3 is 2.82 bits per heavy atom. The van der Waals surface area contributed by atoms with E-state index in [1.165, 1.54) is 0 Å². The quantitative estimate of drug-likeness (QED) is 0.743. The number of hydrogen-bond acceptors (Lipinski definition) is 5. The van der Waals surface area contributed by atoms with E-state index in [0.29, 0.717) is 17.8 Å². The van der Waals surface area contributed by atoms with Crippen LogP contribution >= 0.6 is 0 Å². The topological polar surface area (TPSA) is 64.1 Å². The lowest BCUT2D eigenvalue weighted by molar-refractivity contribution is 0.495. The fourth-order valence-corrected chi connectivity index (χ4v) is 2.33. The molecular formula is C17H19N3O2. The Balaban J connectivity index is 1.62. The van der Waals surface area contributed by atoms with Crippen LogP contribution in [-0.2, 0) is 6.42 Å². The minimum Gasteiger partial charge on any atom is -0.469 e. The fraction of sp³-hybridized carbons (Fsp3) is 0.294. The normalized spacial score (nSPS) is 12.3. The molecule has 114 valence electrons. The van der Waals surface area contributed by atoms with Crippen LogP contribution in [0.25, 0.3) is 11.5 Å². The zero-order valence-electron chi connectivity index (χ0n) is 12.7. The maximum atomic E-state index is 5.46. The number of nitrogens with one attached hydrogen (secondary N) is 1. The second-order valence-electron chi connectivity index (χ2n) is 5.37. The molecule has 22 heavy (non-hydrogen) atoms. The van der Waals surface area contributed by atoms with Gasteiger partial charge in [0.2, 0.25) is 11.8 Å². The standard InChI is InChI=1S/C17H19N3O2/c1-12(8-9-16-7-4-10-21-16)18-15-6-3-5-14(11-15)17-20-19-13(2)22-17/h3-7,10-12,18H,8-9H2,1-2H3/t12-/m1/s1. The summed E-state index contributed by atoms with van der Waals surface area (Å²) >= 11 is 0. The summed E-state index contributed by atoms with van der Waals surface area (Å²) in [6, 6.07) is 12.3. The summed E-state index contributed by atoms with van der Waals surface area (Å²) in [5.41, 5.74) is 1.96. The molecule has 0 fully saturated rings. The molecule has 0 saturated heterocycles. The van der Waals surface area contributed by atoms with Crippen LogP contribution in [0.4, 0.5) is 5.69 Å². The predicted molar refractivity (Wildman–Crippen MR) is 84.6 cm³/mol. The minimum absolute atomic E-state index is 0.338. The van der Waals surface area contributed by atoms with E-state index in [1.807, 2.05) is 36.4 Å². The Morgan fingerprint density at radius 1 is 1.18 bits per heavy atom. The van der Waals surface area contributed by atoms with E-state index in [2.05, 4.69) is 22.4 Å². The SMILES string of the molecule is Cc1nnc(-c2cccc(N[C@H](C)CCc3ccco3)c2)o1. The molecule has 0 radical (unpaired) electrons. The minimum atomic E-state index is 0.338. The van der Waals surface area contributed by atoms with E-state index in [9.17, 15) is 0 Å². The van der Waals surface area contributed by atoms with E-state index in [1.54, 1.807) is 13.2 Å². The first kappa shape index (κ1) is 14.4. The van der Waals surface area contributed by atoms with Crippen molar-refractivity contribution < 1.29 is 8.83 Å². The second-order valence-corrected chi connectivity index (χ2v) is 5.37. The smallest absolute Gasteiger partial charge is 0.247 e. The van der Waals surface area contributed by atoms with Gasteiger partial charge in [-0.3, -0.25) is 0 Å². The summed E-state index contributed by atoms with van der Waals surface area (Å²) in [5, 5.41) is 11.4. The monoisotopic (exact) mass is 297 g/mol. The van der Waals surface area contributed by atoms with Crippen molar-refractivity contribution >= 4 is 5.69 Å². The first-order chi connectivity index (χ1) is 10.7. The van der Waals surface area contributed by atoms with Gasteiger partial charge < -0.3 is 14.2 Å². The van der Waals surface area contributed by atoms with Gasteiger partial charge in [-0.2, -0.15) is 0 Å². The highest BCUT2D eigenvalue weighted by Gasteiger charge is 2.08. The number of rotatable bonds is 6. The molecule has 2 aromatic heterocycles.